The molecule has 1 amide bonds. The molecule has 1 N–H and O–H groups in total. The van der Waals surface area contributed by atoms with Crippen molar-refractivity contribution in [1.82, 2.24) is 10.3 Å². The van der Waals surface area contributed by atoms with Crippen LogP contribution < -0.4 is 10.1 Å². The van der Waals surface area contributed by atoms with Crippen LogP contribution in [0.4, 0.5) is 0 Å². The SMILES string of the molecule is COc1ccccc1-c1cc(C(=O)NCc2cccc(Cl)c2)c2ccccc2n1. The van der Waals surface area contributed by atoms with Gasteiger partial charge < -0.3 is 10.1 Å². The van der Waals surface area contributed by atoms with Crippen LogP contribution in [0.3, 0.4) is 0 Å². The van der Waals surface area contributed by atoms with Gasteiger partial charge in [0.15, 0.2) is 0 Å². The highest BCUT2D eigenvalue weighted by atomic mass is 35.5. The van der Waals surface area contributed by atoms with E-state index in [1.54, 1.807) is 7.11 Å². The normalized spacial score (nSPS) is 10.7. The molecular formula is C24H19ClN2O2. The van der Waals surface area contributed by atoms with Crippen LogP contribution in [0.1, 0.15) is 15.9 Å². The number of carbonyl (C=O) groups is 1. The molecule has 0 spiro atoms. The summed E-state index contributed by atoms with van der Waals surface area (Å²) in [5, 5.41) is 4.43. The topological polar surface area (TPSA) is 51.2 Å². The first-order chi connectivity index (χ1) is 14.2. The number of nitrogens with one attached hydrogen (secondary N) is 1. The van der Waals surface area contributed by atoms with E-state index in [1.807, 2.05) is 78.9 Å². The highest BCUT2D eigenvalue weighted by Gasteiger charge is 2.15. The minimum atomic E-state index is -0.167. The standard InChI is InChI=1S/C24H19ClN2O2/c1-29-23-12-5-3-10-19(23)22-14-20(18-9-2-4-11-21(18)27-22)24(28)26-15-16-7-6-8-17(25)13-16/h2-14H,15H2,1H3,(H,26,28). The molecule has 0 saturated carbocycles. The molecular weight excluding hydrogens is 384 g/mol. The number of carbonyl (C=O) groups excluding carboxylic acids is 1. The summed E-state index contributed by atoms with van der Waals surface area (Å²) >= 11 is 6.04. The van der Waals surface area contributed by atoms with Gasteiger partial charge in [0.05, 0.1) is 23.9 Å². The lowest BCUT2D eigenvalue weighted by Crippen LogP contribution is -2.23. The van der Waals surface area contributed by atoms with Crippen LogP contribution in [0, 0.1) is 0 Å². The molecule has 5 heteroatoms. The van der Waals surface area contributed by atoms with Crippen molar-refractivity contribution < 1.29 is 9.53 Å². The van der Waals surface area contributed by atoms with E-state index >= 15 is 0 Å². The highest BCUT2D eigenvalue weighted by Crippen LogP contribution is 2.31. The number of para-hydroxylation sites is 2. The van der Waals surface area contributed by atoms with Gasteiger partial charge in [-0.25, -0.2) is 4.98 Å². The Hall–Kier alpha value is -3.37. The van der Waals surface area contributed by atoms with E-state index in [4.69, 9.17) is 21.3 Å². The van der Waals surface area contributed by atoms with Crippen LogP contribution in [0.5, 0.6) is 5.75 Å². The number of methoxy groups -OCH3 is 1. The average molecular weight is 403 g/mol. The van der Waals surface area contributed by atoms with Gasteiger partial charge >= 0.3 is 0 Å². The van der Waals surface area contributed by atoms with Crippen molar-refractivity contribution in [3.8, 4) is 17.0 Å². The largest absolute Gasteiger partial charge is 0.496 e. The van der Waals surface area contributed by atoms with E-state index in [0.29, 0.717) is 28.6 Å². The van der Waals surface area contributed by atoms with Crippen molar-refractivity contribution in [2.45, 2.75) is 6.54 Å². The van der Waals surface area contributed by atoms with Gasteiger partial charge in [0.1, 0.15) is 5.75 Å². The number of hydrogen-bond donors (Lipinski definition) is 1. The smallest absolute Gasteiger partial charge is 0.252 e. The van der Waals surface area contributed by atoms with Crippen LogP contribution in [-0.4, -0.2) is 18.0 Å². The maximum atomic E-state index is 13.1. The number of amides is 1. The summed E-state index contributed by atoms with van der Waals surface area (Å²) in [6, 6.07) is 24.5. The highest BCUT2D eigenvalue weighted by molar-refractivity contribution is 6.30. The molecule has 0 bridgehead atoms. The van der Waals surface area contributed by atoms with E-state index in [1.165, 1.54) is 0 Å². The molecule has 0 fully saturated rings. The monoisotopic (exact) mass is 402 g/mol. The van der Waals surface area contributed by atoms with Crippen molar-refractivity contribution in [3.05, 3.63) is 95.0 Å². The van der Waals surface area contributed by atoms with E-state index in [2.05, 4.69) is 5.32 Å². The van der Waals surface area contributed by atoms with Gasteiger partial charge in [0.2, 0.25) is 0 Å². The zero-order valence-electron chi connectivity index (χ0n) is 15.9. The lowest BCUT2D eigenvalue weighted by molar-refractivity contribution is 0.0952. The third kappa shape index (κ3) is 4.08. The Morgan fingerprint density at radius 1 is 1.00 bits per heavy atom. The first kappa shape index (κ1) is 19.0. The molecule has 0 aliphatic carbocycles. The first-order valence-corrected chi connectivity index (χ1v) is 9.59. The van der Waals surface area contributed by atoms with Gasteiger partial charge in [-0.1, -0.05) is 54.1 Å². The minimum Gasteiger partial charge on any atom is -0.496 e. The van der Waals surface area contributed by atoms with Crippen LogP contribution in [0.15, 0.2) is 78.9 Å². The average Bonchev–Trinajstić information content (AvgIpc) is 2.76. The van der Waals surface area contributed by atoms with Crippen LogP contribution >= 0.6 is 11.6 Å². The van der Waals surface area contributed by atoms with Crippen LogP contribution in [-0.2, 0) is 6.54 Å². The fourth-order valence-electron chi connectivity index (χ4n) is 3.28. The number of pyridine rings is 1. The number of halogens is 1. The van der Waals surface area contributed by atoms with Crippen molar-refractivity contribution >= 4 is 28.4 Å². The Labute approximate surface area is 174 Å². The third-order valence-corrected chi connectivity index (χ3v) is 4.92. The van der Waals surface area contributed by atoms with E-state index in [0.717, 1.165) is 22.0 Å². The van der Waals surface area contributed by atoms with Crippen molar-refractivity contribution in [2.75, 3.05) is 7.11 Å². The van der Waals surface area contributed by atoms with Crippen molar-refractivity contribution in [3.63, 3.8) is 0 Å². The lowest BCUT2D eigenvalue weighted by atomic mass is 10.0. The summed E-state index contributed by atoms with van der Waals surface area (Å²) in [6.07, 6.45) is 0. The Kier molecular flexibility index (Phi) is 5.45. The number of fused-ring (bicyclic) bond motifs is 1. The summed E-state index contributed by atoms with van der Waals surface area (Å²) in [7, 11) is 1.62. The number of hydrogen-bond acceptors (Lipinski definition) is 3. The summed E-state index contributed by atoms with van der Waals surface area (Å²) in [5.41, 5.74) is 3.79. The molecule has 4 rings (SSSR count). The third-order valence-electron chi connectivity index (χ3n) is 4.69. The molecule has 29 heavy (non-hydrogen) atoms. The maximum Gasteiger partial charge on any atom is 0.252 e. The molecule has 1 aromatic heterocycles. The van der Waals surface area contributed by atoms with Crippen molar-refractivity contribution in [2.24, 2.45) is 0 Å². The van der Waals surface area contributed by atoms with E-state index in [-0.39, 0.29) is 5.91 Å². The second-order valence-electron chi connectivity index (χ2n) is 6.59. The first-order valence-electron chi connectivity index (χ1n) is 9.21. The summed E-state index contributed by atoms with van der Waals surface area (Å²) in [4.78, 5) is 17.8. The molecule has 4 aromatic rings. The molecule has 0 unspecified atom stereocenters. The summed E-state index contributed by atoms with van der Waals surface area (Å²) < 4.78 is 5.48. The van der Waals surface area contributed by atoms with E-state index in [9.17, 15) is 4.79 Å². The molecule has 0 atom stereocenters. The van der Waals surface area contributed by atoms with Crippen LogP contribution in [0.25, 0.3) is 22.2 Å². The van der Waals surface area contributed by atoms with Gasteiger partial charge in [-0.15, -0.1) is 0 Å². The summed E-state index contributed by atoms with van der Waals surface area (Å²) in [5.74, 6) is 0.542. The molecule has 1 heterocycles. The Morgan fingerprint density at radius 3 is 2.62 bits per heavy atom. The van der Waals surface area contributed by atoms with Gasteiger partial charge in [-0.2, -0.15) is 0 Å². The molecule has 3 aromatic carbocycles. The number of aromatic nitrogens is 1. The second kappa shape index (κ2) is 8.33. The number of ether oxygens (including phenoxy) is 1. The van der Waals surface area contributed by atoms with Gasteiger partial charge in [0, 0.05) is 22.5 Å². The Balaban J connectivity index is 1.73. The number of benzene rings is 3. The molecule has 0 aliphatic heterocycles. The predicted molar refractivity (Wildman–Crippen MR) is 116 cm³/mol. The van der Waals surface area contributed by atoms with Gasteiger partial charge in [0.25, 0.3) is 5.91 Å². The molecule has 0 saturated heterocycles. The second-order valence-corrected chi connectivity index (χ2v) is 7.02. The molecule has 0 aliphatic rings. The fraction of sp³-hybridized carbons (Fsp3) is 0.0833. The van der Waals surface area contributed by atoms with E-state index < -0.39 is 0 Å². The quantitative estimate of drug-likeness (QED) is 0.480. The van der Waals surface area contributed by atoms with Gasteiger partial charge in [-0.3, -0.25) is 4.79 Å². The number of rotatable bonds is 5. The Morgan fingerprint density at radius 2 is 1.79 bits per heavy atom. The van der Waals surface area contributed by atoms with Crippen molar-refractivity contribution in [1.29, 1.82) is 0 Å². The lowest BCUT2D eigenvalue weighted by Gasteiger charge is -2.12. The maximum absolute atomic E-state index is 13.1. The van der Waals surface area contributed by atoms with Crippen LogP contribution in [0.2, 0.25) is 5.02 Å². The number of nitrogens with zero attached hydrogens (tertiary/aromatic N) is 1. The molecule has 144 valence electrons. The Bertz CT molecular complexity index is 1190. The molecule has 0 radical (unpaired) electrons. The molecule has 4 nitrogen and oxygen atoms in total. The fourth-order valence-corrected chi connectivity index (χ4v) is 3.49. The summed E-state index contributed by atoms with van der Waals surface area (Å²) in [6.45, 7) is 0.389. The van der Waals surface area contributed by atoms with Gasteiger partial charge in [-0.05, 0) is 42.0 Å². The minimum absolute atomic E-state index is 0.167. The zero-order chi connectivity index (χ0) is 20.2. The zero-order valence-corrected chi connectivity index (χ0v) is 16.6. The predicted octanol–water partition coefficient (Wildman–Crippen LogP) is 5.49.